The minimum atomic E-state index is -2.86. The van der Waals surface area contributed by atoms with Crippen molar-refractivity contribution in [1.82, 2.24) is 20.3 Å². The van der Waals surface area contributed by atoms with E-state index in [1.54, 1.807) is 4.68 Å². The molecule has 0 amide bonds. The number of rotatable bonds is 5. The van der Waals surface area contributed by atoms with Gasteiger partial charge in [-0.05, 0) is 19.4 Å². The molecule has 0 bridgehead atoms. The first-order valence-electron chi connectivity index (χ1n) is 5.92. The van der Waals surface area contributed by atoms with Crippen LogP contribution in [0.25, 0.3) is 0 Å². The predicted octanol–water partition coefficient (Wildman–Crippen LogP) is 0.137. The van der Waals surface area contributed by atoms with Crippen molar-refractivity contribution in [2.75, 3.05) is 18.1 Å². The van der Waals surface area contributed by atoms with Crippen LogP contribution in [-0.2, 0) is 16.4 Å². The van der Waals surface area contributed by atoms with E-state index in [9.17, 15) is 8.42 Å². The molecule has 1 N–H and O–H groups in total. The van der Waals surface area contributed by atoms with Gasteiger partial charge in [-0.2, -0.15) is 0 Å². The van der Waals surface area contributed by atoms with Crippen LogP contribution < -0.4 is 5.32 Å². The molecule has 1 atom stereocenters. The lowest BCUT2D eigenvalue weighted by atomic mass is 10.3. The summed E-state index contributed by atoms with van der Waals surface area (Å²) in [5.74, 6) is 0.457. The third-order valence-electron chi connectivity index (χ3n) is 2.87. The molecule has 6 nitrogen and oxygen atoms in total. The summed E-state index contributed by atoms with van der Waals surface area (Å²) in [6.45, 7) is 3.74. The van der Waals surface area contributed by atoms with Gasteiger partial charge in [-0.25, -0.2) is 13.1 Å². The first-order valence-corrected chi connectivity index (χ1v) is 7.74. The lowest BCUT2D eigenvalue weighted by Crippen LogP contribution is -2.14. The first-order chi connectivity index (χ1) is 8.11. The molecule has 1 aliphatic heterocycles. The van der Waals surface area contributed by atoms with E-state index in [0.717, 1.165) is 18.7 Å². The number of sulfone groups is 1. The van der Waals surface area contributed by atoms with Crippen LogP contribution in [-0.4, -0.2) is 41.5 Å². The molecule has 0 spiro atoms. The maximum absolute atomic E-state index is 11.4. The topological polar surface area (TPSA) is 76.9 Å². The van der Waals surface area contributed by atoms with E-state index in [1.807, 2.05) is 6.20 Å². The van der Waals surface area contributed by atoms with Gasteiger partial charge in [0.05, 0.1) is 29.4 Å². The standard InChI is InChI=1S/C10H18N4O2S/c1-2-4-11-6-9-7-14(13-12-9)10-3-5-17(15,16)8-10/h7,10-11H,2-6,8H2,1H3. The van der Waals surface area contributed by atoms with Gasteiger partial charge in [0.1, 0.15) is 0 Å². The summed E-state index contributed by atoms with van der Waals surface area (Å²) in [5.41, 5.74) is 0.864. The maximum atomic E-state index is 11.4. The molecule has 2 heterocycles. The van der Waals surface area contributed by atoms with Gasteiger partial charge in [0, 0.05) is 6.54 Å². The van der Waals surface area contributed by atoms with Crippen molar-refractivity contribution < 1.29 is 8.42 Å². The van der Waals surface area contributed by atoms with Gasteiger partial charge in [-0.3, -0.25) is 0 Å². The quantitative estimate of drug-likeness (QED) is 0.760. The summed E-state index contributed by atoms with van der Waals surface area (Å²) < 4.78 is 24.4. The third kappa shape index (κ3) is 3.26. The summed E-state index contributed by atoms with van der Waals surface area (Å²) in [7, 11) is -2.86. The largest absolute Gasteiger partial charge is 0.311 e. The molecule has 0 aromatic carbocycles. The molecule has 1 aromatic rings. The smallest absolute Gasteiger partial charge is 0.152 e. The van der Waals surface area contributed by atoms with E-state index in [0.29, 0.717) is 13.0 Å². The Kier molecular flexibility index (Phi) is 3.78. The molecule has 1 fully saturated rings. The highest BCUT2D eigenvalue weighted by Crippen LogP contribution is 2.22. The van der Waals surface area contributed by atoms with Crippen LogP contribution in [0.3, 0.4) is 0 Å². The van der Waals surface area contributed by atoms with Crippen LogP contribution in [0.4, 0.5) is 0 Å². The molecule has 1 aromatic heterocycles. The average molecular weight is 258 g/mol. The minimum Gasteiger partial charge on any atom is -0.311 e. The van der Waals surface area contributed by atoms with E-state index in [1.165, 1.54) is 0 Å². The molecule has 1 aliphatic rings. The highest BCUT2D eigenvalue weighted by Gasteiger charge is 2.29. The zero-order valence-corrected chi connectivity index (χ0v) is 10.8. The lowest BCUT2D eigenvalue weighted by Gasteiger charge is -2.05. The summed E-state index contributed by atoms with van der Waals surface area (Å²) in [4.78, 5) is 0. The van der Waals surface area contributed by atoms with Gasteiger partial charge in [-0.1, -0.05) is 12.1 Å². The molecule has 2 rings (SSSR count). The zero-order chi connectivity index (χ0) is 12.3. The molecule has 1 unspecified atom stereocenters. The fourth-order valence-electron chi connectivity index (χ4n) is 1.95. The van der Waals surface area contributed by atoms with E-state index in [-0.39, 0.29) is 17.5 Å². The van der Waals surface area contributed by atoms with Crippen molar-refractivity contribution in [3.8, 4) is 0 Å². The van der Waals surface area contributed by atoms with E-state index >= 15 is 0 Å². The van der Waals surface area contributed by atoms with Crippen molar-refractivity contribution in [1.29, 1.82) is 0 Å². The summed E-state index contributed by atoms with van der Waals surface area (Å²) in [6.07, 6.45) is 3.57. The number of aromatic nitrogens is 3. The molecule has 96 valence electrons. The monoisotopic (exact) mass is 258 g/mol. The Balaban J connectivity index is 1.94. The fourth-order valence-corrected chi connectivity index (χ4v) is 3.65. The minimum absolute atomic E-state index is 0.0348. The van der Waals surface area contributed by atoms with Crippen LogP contribution in [0.15, 0.2) is 6.20 Å². The van der Waals surface area contributed by atoms with Crippen LogP contribution in [0.2, 0.25) is 0 Å². The Labute approximate surface area is 101 Å². The van der Waals surface area contributed by atoms with Gasteiger partial charge in [0.2, 0.25) is 0 Å². The summed E-state index contributed by atoms with van der Waals surface area (Å²) in [6, 6.07) is -0.0348. The van der Waals surface area contributed by atoms with Crippen molar-refractivity contribution in [2.24, 2.45) is 0 Å². The molecule has 1 saturated heterocycles. The number of nitrogens with one attached hydrogen (secondary N) is 1. The molecule has 0 aliphatic carbocycles. The molecule has 17 heavy (non-hydrogen) atoms. The Morgan fingerprint density at radius 2 is 2.41 bits per heavy atom. The summed E-state index contributed by atoms with van der Waals surface area (Å²) in [5, 5.41) is 11.3. The second kappa shape index (κ2) is 5.14. The van der Waals surface area contributed by atoms with Gasteiger partial charge < -0.3 is 5.32 Å². The number of nitrogens with zero attached hydrogens (tertiary/aromatic N) is 3. The van der Waals surface area contributed by atoms with Gasteiger partial charge >= 0.3 is 0 Å². The Morgan fingerprint density at radius 1 is 1.59 bits per heavy atom. The SMILES string of the molecule is CCCNCc1cn(C2CCS(=O)(=O)C2)nn1. The Hall–Kier alpha value is -0.950. The van der Waals surface area contributed by atoms with Crippen molar-refractivity contribution in [3.05, 3.63) is 11.9 Å². The first kappa shape index (κ1) is 12.5. The van der Waals surface area contributed by atoms with Crippen molar-refractivity contribution in [2.45, 2.75) is 32.4 Å². The van der Waals surface area contributed by atoms with Gasteiger partial charge in [0.15, 0.2) is 9.84 Å². The van der Waals surface area contributed by atoms with Crippen LogP contribution in [0.1, 0.15) is 31.5 Å². The zero-order valence-electron chi connectivity index (χ0n) is 9.96. The highest BCUT2D eigenvalue weighted by molar-refractivity contribution is 7.91. The van der Waals surface area contributed by atoms with Gasteiger partial charge in [-0.15, -0.1) is 5.10 Å². The van der Waals surface area contributed by atoms with Crippen LogP contribution in [0.5, 0.6) is 0 Å². The normalized spacial score (nSPS) is 23.0. The molecular formula is C10H18N4O2S. The van der Waals surface area contributed by atoms with Crippen LogP contribution >= 0.6 is 0 Å². The second-order valence-corrected chi connectivity index (χ2v) is 6.65. The highest BCUT2D eigenvalue weighted by atomic mass is 32.2. The molecular weight excluding hydrogens is 240 g/mol. The average Bonchev–Trinajstić information content (AvgIpc) is 2.85. The van der Waals surface area contributed by atoms with Gasteiger partial charge in [0.25, 0.3) is 0 Å². The predicted molar refractivity (Wildman–Crippen MR) is 64.3 cm³/mol. The Morgan fingerprint density at radius 3 is 3.06 bits per heavy atom. The molecule has 7 heteroatoms. The van der Waals surface area contributed by atoms with Crippen molar-refractivity contribution in [3.63, 3.8) is 0 Å². The Bertz CT molecular complexity index is 468. The van der Waals surface area contributed by atoms with Crippen LogP contribution in [0, 0.1) is 0 Å². The maximum Gasteiger partial charge on any atom is 0.152 e. The third-order valence-corrected chi connectivity index (χ3v) is 4.62. The number of hydrogen-bond acceptors (Lipinski definition) is 5. The molecule has 0 saturated carbocycles. The summed E-state index contributed by atoms with van der Waals surface area (Å²) >= 11 is 0. The van der Waals surface area contributed by atoms with Crippen molar-refractivity contribution >= 4 is 9.84 Å². The van der Waals surface area contributed by atoms with E-state index in [2.05, 4.69) is 22.6 Å². The fraction of sp³-hybridized carbons (Fsp3) is 0.800. The second-order valence-electron chi connectivity index (χ2n) is 4.42. The van der Waals surface area contributed by atoms with E-state index < -0.39 is 9.84 Å². The molecule has 0 radical (unpaired) electrons. The number of hydrogen-bond donors (Lipinski definition) is 1. The van der Waals surface area contributed by atoms with E-state index in [4.69, 9.17) is 0 Å². The lowest BCUT2D eigenvalue weighted by molar-refractivity contribution is 0.484.